The Kier molecular flexibility index (Phi) is 3.95. The van der Waals surface area contributed by atoms with E-state index in [1.165, 1.54) is 25.1 Å². The van der Waals surface area contributed by atoms with E-state index in [9.17, 15) is 4.79 Å². The molecule has 0 aliphatic heterocycles. The van der Waals surface area contributed by atoms with E-state index in [2.05, 4.69) is 9.72 Å². The fraction of sp³-hybridized carbons (Fsp3) is 0.222. The number of pyridine rings is 1. The molecule has 0 aromatic carbocycles. The lowest BCUT2D eigenvalue weighted by Gasteiger charge is -1.99. The Bertz CT molecular complexity index is 373. The minimum atomic E-state index is -0.287. The van der Waals surface area contributed by atoms with Gasteiger partial charge in [-0.05, 0) is 12.1 Å². The molecule has 0 fully saturated rings. The van der Waals surface area contributed by atoms with E-state index in [1.807, 2.05) is 6.07 Å². The zero-order valence-electron chi connectivity index (χ0n) is 7.56. The van der Waals surface area contributed by atoms with Crippen LogP contribution in [0.2, 0.25) is 0 Å². The van der Waals surface area contributed by atoms with E-state index in [-0.39, 0.29) is 11.7 Å². The smallest absolute Gasteiger partial charge is 0.315 e. The summed E-state index contributed by atoms with van der Waals surface area (Å²) < 4.78 is 4.49. The maximum absolute atomic E-state index is 10.8. The SMILES string of the molecule is COC(=O)CSc1ccnc(C#N)c1. The van der Waals surface area contributed by atoms with Crippen LogP contribution in [0.25, 0.3) is 0 Å². The summed E-state index contributed by atoms with van der Waals surface area (Å²) in [7, 11) is 1.34. The number of rotatable bonds is 3. The predicted molar refractivity (Wildman–Crippen MR) is 51.7 cm³/mol. The minimum absolute atomic E-state index is 0.241. The molecular weight excluding hydrogens is 200 g/mol. The maximum atomic E-state index is 10.8. The first kappa shape index (κ1) is 10.5. The number of methoxy groups -OCH3 is 1. The Morgan fingerprint density at radius 2 is 2.57 bits per heavy atom. The first-order valence-electron chi connectivity index (χ1n) is 3.82. The lowest BCUT2D eigenvalue weighted by atomic mass is 10.4. The number of nitrogens with zero attached hydrogens (tertiary/aromatic N) is 2. The Balaban J connectivity index is 2.60. The minimum Gasteiger partial charge on any atom is -0.468 e. The van der Waals surface area contributed by atoms with Crippen molar-refractivity contribution in [3.63, 3.8) is 0 Å². The molecule has 0 amide bonds. The summed E-state index contributed by atoms with van der Waals surface area (Å²) >= 11 is 1.32. The summed E-state index contributed by atoms with van der Waals surface area (Å²) in [6.45, 7) is 0. The molecule has 0 atom stereocenters. The highest BCUT2D eigenvalue weighted by molar-refractivity contribution is 8.00. The molecule has 14 heavy (non-hydrogen) atoms. The van der Waals surface area contributed by atoms with Gasteiger partial charge in [0.1, 0.15) is 11.8 Å². The van der Waals surface area contributed by atoms with Crippen molar-refractivity contribution in [2.75, 3.05) is 12.9 Å². The van der Waals surface area contributed by atoms with Crippen molar-refractivity contribution in [2.24, 2.45) is 0 Å². The van der Waals surface area contributed by atoms with Crippen LogP contribution >= 0.6 is 11.8 Å². The first-order chi connectivity index (χ1) is 6.76. The standard InChI is InChI=1S/C9H8N2O2S/c1-13-9(12)6-14-8-2-3-11-7(4-8)5-10/h2-4H,6H2,1H3. The Morgan fingerprint density at radius 1 is 1.79 bits per heavy atom. The summed E-state index contributed by atoms with van der Waals surface area (Å²) in [5.74, 6) is -0.0453. The fourth-order valence-corrected chi connectivity index (χ4v) is 1.52. The number of ether oxygens (including phenoxy) is 1. The van der Waals surface area contributed by atoms with Gasteiger partial charge in [-0.2, -0.15) is 5.26 Å². The molecule has 0 radical (unpaired) electrons. The normalized spacial score (nSPS) is 9.14. The van der Waals surface area contributed by atoms with Gasteiger partial charge in [-0.15, -0.1) is 11.8 Å². The van der Waals surface area contributed by atoms with Gasteiger partial charge in [0.15, 0.2) is 0 Å². The molecule has 0 unspecified atom stereocenters. The van der Waals surface area contributed by atoms with E-state index < -0.39 is 0 Å². The molecule has 0 N–H and O–H groups in total. The number of aromatic nitrogens is 1. The number of esters is 1. The second kappa shape index (κ2) is 5.25. The summed E-state index contributed by atoms with van der Waals surface area (Å²) in [5, 5.41) is 8.57. The third-order valence-corrected chi connectivity index (χ3v) is 2.40. The third kappa shape index (κ3) is 3.07. The molecule has 5 heteroatoms. The number of hydrogen-bond acceptors (Lipinski definition) is 5. The molecule has 0 saturated carbocycles. The zero-order valence-corrected chi connectivity index (χ0v) is 8.37. The molecule has 0 spiro atoms. The molecule has 1 aromatic rings. The van der Waals surface area contributed by atoms with Gasteiger partial charge in [-0.25, -0.2) is 4.98 Å². The highest BCUT2D eigenvalue weighted by Crippen LogP contribution is 2.17. The van der Waals surface area contributed by atoms with Crippen LogP contribution in [0.3, 0.4) is 0 Å². The van der Waals surface area contributed by atoms with Gasteiger partial charge in [0.25, 0.3) is 0 Å². The summed E-state index contributed by atoms with van der Waals surface area (Å²) in [6, 6.07) is 5.31. The molecule has 0 aliphatic rings. The van der Waals surface area contributed by atoms with Gasteiger partial charge in [0, 0.05) is 11.1 Å². The van der Waals surface area contributed by atoms with E-state index in [0.29, 0.717) is 5.69 Å². The fourth-order valence-electron chi connectivity index (χ4n) is 0.763. The lowest BCUT2D eigenvalue weighted by Crippen LogP contribution is -2.02. The number of nitriles is 1. The Morgan fingerprint density at radius 3 is 3.21 bits per heavy atom. The molecule has 0 bridgehead atoms. The quantitative estimate of drug-likeness (QED) is 0.552. The lowest BCUT2D eigenvalue weighted by molar-refractivity contribution is -0.137. The summed E-state index contributed by atoms with van der Waals surface area (Å²) in [5.41, 5.74) is 0.347. The molecule has 1 rings (SSSR count). The second-order valence-electron chi connectivity index (χ2n) is 2.35. The van der Waals surface area contributed by atoms with Gasteiger partial charge in [0.05, 0.1) is 12.9 Å². The van der Waals surface area contributed by atoms with Crippen LogP contribution in [-0.2, 0) is 9.53 Å². The van der Waals surface area contributed by atoms with Crippen LogP contribution in [0.15, 0.2) is 23.2 Å². The number of carbonyl (C=O) groups is 1. The van der Waals surface area contributed by atoms with Crippen molar-refractivity contribution in [2.45, 2.75) is 4.90 Å². The van der Waals surface area contributed by atoms with Crippen LogP contribution in [0.5, 0.6) is 0 Å². The van der Waals surface area contributed by atoms with Crippen molar-refractivity contribution in [3.05, 3.63) is 24.0 Å². The van der Waals surface area contributed by atoms with Crippen LogP contribution in [0.4, 0.5) is 0 Å². The molecule has 0 saturated heterocycles. The largest absolute Gasteiger partial charge is 0.468 e. The summed E-state index contributed by atoms with van der Waals surface area (Å²) in [4.78, 5) is 15.5. The Labute approximate surface area is 85.9 Å². The van der Waals surface area contributed by atoms with E-state index in [1.54, 1.807) is 12.1 Å². The monoisotopic (exact) mass is 208 g/mol. The average Bonchev–Trinajstić information content (AvgIpc) is 2.26. The van der Waals surface area contributed by atoms with E-state index in [4.69, 9.17) is 5.26 Å². The maximum Gasteiger partial charge on any atom is 0.315 e. The molecule has 72 valence electrons. The zero-order chi connectivity index (χ0) is 10.4. The number of hydrogen-bond donors (Lipinski definition) is 0. The molecule has 4 nitrogen and oxygen atoms in total. The highest BCUT2D eigenvalue weighted by Gasteiger charge is 2.02. The van der Waals surface area contributed by atoms with Gasteiger partial charge in [0.2, 0.25) is 0 Å². The van der Waals surface area contributed by atoms with E-state index >= 15 is 0 Å². The van der Waals surface area contributed by atoms with Crippen molar-refractivity contribution < 1.29 is 9.53 Å². The van der Waals surface area contributed by atoms with Gasteiger partial charge in [-0.1, -0.05) is 0 Å². The van der Waals surface area contributed by atoms with Crippen molar-refractivity contribution in [1.82, 2.24) is 4.98 Å². The molecule has 1 heterocycles. The number of thioether (sulfide) groups is 1. The van der Waals surface area contributed by atoms with Gasteiger partial charge in [-0.3, -0.25) is 4.79 Å². The van der Waals surface area contributed by atoms with Crippen molar-refractivity contribution >= 4 is 17.7 Å². The molecule has 0 aliphatic carbocycles. The topological polar surface area (TPSA) is 63.0 Å². The van der Waals surface area contributed by atoms with Crippen LogP contribution in [0.1, 0.15) is 5.69 Å². The van der Waals surface area contributed by atoms with Gasteiger partial charge < -0.3 is 4.74 Å². The highest BCUT2D eigenvalue weighted by atomic mass is 32.2. The van der Waals surface area contributed by atoms with Crippen molar-refractivity contribution in [1.29, 1.82) is 5.26 Å². The summed E-state index contributed by atoms with van der Waals surface area (Å²) in [6.07, 6.45) is 1.54. The predicted octanol–water partition coefficient (Wildman–Crippen LogP) is 1.22. The van der Waals surface area contributed by atoms with Crippen LogP contribution < -0.4 is 0 Å². The first-order valence-corrected chi connectivity index (χ1v) is 4.80. The van der Waals surface area contributed by atoms with Crippen molar-refractivity contribution in [3.8, 4) is 6.07 Å². The Hall–Kier alpha value is -1.54. The molecular formula is C9H8N2O2S. The number of carbonyl (C=O) groups excluding carboxylic acids is 1. The van der Waals surface area contributed by atoms with Crippen LogP contribution in [-0.4, -0.2) is 23.8 Å². The van der Waals surface area contributed by atoms with Gasteiger partial charge >= 0.3 is 5.97 Å². The van der Waals surface area contributed by atoms with Crippen LogP contribution in [0, 0.1) is 11.3 Å². The third-order valence-electron chi connectivity index (χ3n) is 1.43. The van der Waals surface area contributed by atoms with E-state index in [0.717, 1.165) is 4.90 Å². The molecule has 1 aromatic heterocycles. The average molecular weight is 208 g/mol. The second-order valence-corrected chi connectivity index (χ2v) is 3.40.